The highest BCUT2D eigenvalue weighted by atomic mass is 35.5. The van der Waals surface area contributed by atoms with Crippen LogP contribution in [-0.4, -0.2) is 12.6 Å². The van der Waals surface area contributed by atoms with Gasteiger partial charge >= 0.3 is 0 Å². The van der Waals surface area contributed by atoms with Crippen LogP contribution in [0.5, 0.6) is 0 Å². The van der Waals surface area contributed by atoms with Gasteiger partial charge in [0.25, 0.3) is 0 Å². The lowest BCUT2D eigenvalue weighted by atomic mass is 10.1. The van der Waals surface area contributed by atoms with Gasteiger partial charge < -0.3 is 5.32 Å². The first-order valence-corrected chi connectivity index (χ1v) is 6.69. The molecule has 0 heterocycles. The van der Waals surface area contributed by atoms with Crippen molar-refractivity contribution in [2.75, 3.05) is 6.54 Å². The standard InChI is InChI=1S/C15H21ClFN/c1-11(2)18-8-4-5-12(3)9-13-6-7-15(17)14(16)10-13/h5-7,10-11,18H,4,8-9H2,1-3H3/b12-5-. The van der Waals surface area contributed by atoms with Crippen LogP contribution in [-0.2, 0) is 6.42 Å². The molecule has 100 valence electrons. The van der Waals surface area contributed by atoms with E-state index in [9.17, 15) is 4.39 Å². The van der Waals surface area contributed by atoms with E-state index in [1.165, 1.54) is 11.6 Å². The molecule has 3 heteroatoms. The minimum absolute atomic E-state index is 0.196. The monoisotopic (exact) mass is 269 g/mol. The van der Waals surface area contributed by atoms with Crippen LogP contribution in [0, 0.1) is 5.82 Å². The van der Waals surface area contributed by atoms with Crippen molar-refractivity contribution in [2.45, 2.75) is 39.7 Å². The van der Waals surface area contributed by atoms with E-state index in [2.05, 4.69) is 32.2 Å². The minimum Gasteiger partial charge on any atom is -0.314 e. The second-order valence-corrected chi connectivity index (χ2v) is 5.28. The summed E-state index contributed by atoms with van der Waals surface area (Å²) in [6, 6.07) is 5.42. The Balaban J connectivity index is 2.45. The molecule has 0 atom stereocenters. The zero-order valence-corrected chi connectivity index (χ0v) is 12.0. The first-order valence-electron chi connectivity index (χ1n) is 6.32. The van der Waals surface area contributed by atoms with Crippen LogP contribution in [0.2, 0.25) is 5.02 Å². The number of hydrogen-bond donors (Lipinski definition) is 1. The highest BCUT2D eigenvalue weighted by molar-refractivity contribution is 6.30. The van der Waals surface area contributed by atoms with E-state index in [-0.39, 0.29) is 10.8 Å². The van der Waals surface area contributed by atoms with E-state index >= 15 is 0 Å². The summed E-state index contributed by atoms with van der Waals surface area (Å²) in [5, 5.41) is 3.56. The van der Waals surface area contributed by atoms with Gasteiger partial charge in [0.15, 0.2) is 0 Å². The number of benzene rings is 1. The predicted octanol–water partition coefficient (Wildman–Crippen LogP) is 4.36. The van der Waals surface area contributed by atoms with E-state index in [0.29, 0.717) is 6.04 Å². The Morgan fingerprint density at radius 3 is 2.78 bits per heavy atom. The van der Waals surface area contributed by atoms with Crippen molar-refractivity contribution in [2.24, 2.45) is 0 Å². The van der Waals surface area contributed by atoms with Crippen molar-refractivity contribution < 1.29 is 4.39 Å². The summed E-state index contributed by atoms with van der Waals surface area (Å²) in [5.41, 5.74) is 2.33. The highest BCUT2D eigenvalue weighted by Crippen LogP contribution is 2.18. The molecule has 1 N–H and O–H groups in total. The average Bonchev–Trinajstić information content (AvgIpc) is 2.29. The highest BCUT2D eigenvalue weighted by Gasteiger charge is 2.01. The summed E-state index contributed by atoms with van der Waals surface area (Å²) >= 11 is 5.75. The van der Waals surface area contributed by atoms with E-state index in [1.807, 2.05) is 0 Å². The smallest absolute Gasteiger partial charge is 0.141 e. The summed E-state index contributed by atoms with van der Waals surface area (Å²) in [6.07, 6.45) is 4.05. The van der Waals surface area contributed by atoms with Gasteiger partial charge in [0, 0.05) is 6.04 Å². The van der Waals surface area contributed by atoms with Gasteiger partial charge in [-0.15, -0.1) is 0 Å². The van der Waals surface area contributed by atoms with Crippen LogP contribution in [0.25, 0.3) is 0 Å². The van der Waals surface area contributed by atoms with E-state index < -0.39 is 0 Å². The number of hydrogen-bond acceptors (Lipinski definition) is 1. The maximum Gasteiger partial charge on any atom is 0.141 e. The van der Waals surface area contributed by atoms with E-state index in [0.717, 1.165) is 24.9 Å². The quantitative estimate of drug-likeness (QED) is 0.598. The van der Waals surface area contributed by atoms with Crippen LogP contribution >= 0.6 is 11.6 Å². The molecule has 0 aromatic heterocycles. The summed E-state index contributed by atoms with van der Waals surface area (Å²) < 4.78 is 13.0. The van der Waals surface area contributed by atoms with Crippen molar-refractivity contribution in [1.82, 2.24) is 5.32 Å². The Kier molecular flexibility index (Phi) is 6.37. The summed E-state index contributed by atoms with van der Waals surface area (Å²) in [5.74, 6) is -0.358. The largest absolute Gasteiger partial charge is 0.314 e. The molecule has 1 aromatic carbocycles. The van der Waals surface area contributed by atoms with Gasteiger partial charge in [-0.2, -0.15) is 0 Å². The van der Waals surface area contributed by atoms with Crippen LogP contribution in [0.1, 0.15) is 32.8 Å². The fraction of sp³-hybridized carbons (Fsp3) is 0.467. The van der Waals surface area contributed by atoms with E-state index in [1.54, 1.807) is 12.1 Å². The molecular weight excluding hydrogens is 249 g/mol. The van der Waals surface area contributed by atoms with Crippen molar-refractivity contribution in [1.29, 1.82) is 0 Å². The van der Waals surface area contributed by atoms with Crippen molar-refractivity contribution in [3.05, 3.63) is 46.3 Å². The maximum atomic E-state index is 13.0. The molecule has 0 aliphatic rings. The summed E-state index contributed by atoms with van der Waals surface area (Å²) in [6.45, 7) is 7.35. The third-order valence-electron chi connectivity index (χ3n) is 2.66. The van der Waals surface area contributed by atoms with Crippen LogP contribution in [0.3, 0.4) is 0 Å². The van der Waals surface area contributed by atoms with Gasteiger partial charge in [-0.1, -0.05) is 43.2 Å². The van der Waals surface area contributed by atoms with Crippen LogP contribution in [0.15, 0.2) is 29.8 Å². The Bertz CT molecular complexity index is 413. The van der Waals surface area contributed by atoms with Gasteiger partial charge in [-0.05, 0) is 44.0 Å². The topological polar surface area (TPSA) is 12.0 Å². The Morgan fingerprint density at radius 2 is 2.17 bits per heavy atom. The third kappa shape index (κ3) is 5.65. The van der Waals surface area contributed by atoms with Crippen molar-refractivity contribution >= 4 is 11.6 Å². The SMILES string of the molecule is C/C(=C/CCNC(C)C)Cc1ccc(F)c(Cl)c1. The minimum atomic E-state index is -0.358. The average molecular weight is 270 g/mol. The van der Waals surface area contributed by atoms with E-state index in [4.69, 9.17) is 11.6 Å². The number of rotatable bonds is 6. The Morgan fingerprint density at radius 1 is 1.44 bits per heavy atom. The second-order valence-electron chi connectivity index (χ2n) is 4.87. The normalized spacial score (nSPS) is 12.2. The molecular formula is C15H21ClFN. The zero-order valence-electron chi connectivity index (χ0n) is 11.3. The molecule has 0 fully saturated rings. The number of halogens is 2. The van der Waals surface area contributed by atoms with Gasteiger partial charge in [0.2, 0.25) is 0 Å². The van der Waals surface area contributed by atoms with Crippen molar-refractivity contribution in [3.63, 3.8) is 0 Å². The van der Waals surface area contributed by atoms with Crippen LogP contribution in [0.4, 0.5) is 4.39 Å². The molecule has 0 radical (unpaired) electrons. The molecule has 0 spiro atoms. The lowest BCUT2D eigenvalue weighted by Crippen LogP contribution is -2.23. The van der Waals surface area contributed by atoms with Gasteiger partial charge in [-0.25, -0.2) is 4.39 Å². The molecule has 0 amide bonds. The second kappa shape index (κ2) is 7.55. The van der Waals surface area contributed by atoms with Crippen LogP contribution < -0.4 is 5.32 Å². The fourth-order valence-corrected chi connectivity index (χ4v) is 1.94. The van der Waals surface area contributed by atoms with Gasteiger partial charge in [-0.3, -0.25) is 0 Å². The Hall–Kier alpha value is -0.860. The van der Waals surface area contributed by atoms with Gasteiger partial charge in [0.1, 0.15) is 5.82 Å². The molecule has 0 aliphatic heterocycles. The van der Waals surface area contributed by atoms with Gasteiger partial charge in [0.05, 0.1) is 5.02 Å². The molecule has 0 saturated carbocycles. The predicted molar refractivity (Wildman–Crippen MR) is 76.6 cm³/mol. The van der Waals surface area contributed by atoms with Crippen molar-refractivity contribution in [3.8, 4) is 0 Å². The first kappa shape index (κ1) is 15.2. The molecule has 0 aliphatic carbocycles. The molecule has 0 saturated heterocycles. The summed E-state index contributed by atoms with van der Waals surface area (Å²) in [4.78, 5) is 0. The molecule has 0 unspecified atom stereocenters. The maximum absolute atomic E-state index is 13.0. The summed E-state index contributed by atoms with van der Waals surface area (Å²) in [7, 11) is 0. The Labute approximate surface area is 114 Å². The molecule has 1 aromatic rings. The lowest BCUT2D eigenvalue weighted by Gasteiger charge is -2.07. The number of nitrogens with one attached hydrogen (secondary N) is 1. The fourth-order valence-electron chi connectivity index (χ4n) is 1.73. The first-order chi connectivity index (χ1) is 8.49. The molecule has 18 heavy (non-hydrogen) atoms. The zero-order chi connectivity index (χ0) is 13.5. The molecule has 0 bridgehead atoms. The number of allylic oxidation sites excluding steroid dienone is 1. The molecule has 1 nitrogen and oxygen atoms in total. The third-order valence-corrected chi connectivity index (χ3v) is 2.95. The lowest BCUT2D eigenvalue weighted by molar-refractivity contribution is 0.594. The molecule has 1 rings (SSSR count).